The van der Waals surface area contributed by atoms with Gasteiger partial charge in [-0.3, -0.25) is 9.78 Å². The average Bonchev–Trinajstić information content (AvgIpc) is 3.01. The Morgan fingerprint density at radius 1 is 1.15 bits per heavy atom. The number of aromatic nitrogens is 1. The third kappa shape index (κ3) is 4.09. The Morgan fingerprint density at radius 2 is 2.00 bits per heavy atom. The number of nitrogens with zero attached hydrogens (tertiary/aromatic N) is 2. The van der Waals surface area contributed by atoms with Gasteiger partial charge in [0.25, 0.3) is 0 Å². The van der Waals surface area contributed by atoms with Crippen LogP contribution in [0.5, 0.6) is 0 Å². The van der Waals surface area contributed by atoms with Gasteiger partial charge in [0.2, 0.25) is 5.91 Å². The van der Waals surface area contributed by atoms with Crippen molar-refractivity contribution in [1.29, 1.82) is 0 Å². The summed E-state index contributed by atoms with van der Waals surface area (Å²) in [6.07, 6.45) is 3.52. The highest BCUT2D eigenvalue weighted by molar-refractivity contribution is 5.93. The van der Waals surface area contributed by atoms with Crippen molar-refractivity contribution in [3.05, 3.63) is 60.4 Å². The van der Waals surface area contributed by atoms with Gasteiger partial charge in [-0.2, -0.15) is 0 Å². The molecule has 1 aromatic carbocycles. The van der Waals surface area contributed by atoms with Crippen molar-refractivity contribution in [2.45, 2.75) is 25.2 Å². The van der Waals surface area contributed by atoms with Crippen LogP contribution in [0, 0.1) is 5.92 Å². The van der Waals surface area contributed by atoms with Gasteiger partial charge in [-0.15, -0.1) is 0 Å². The number of amides is 3. The van der Waals surface area contributed by atoms with Crippen LogP contribution in [0.25, 0.3) is 0 Å². The lowest BCUT2D eigenvalue weighted by atomic mass is 9.99. The van der Waals surface area contributed by atoms with Crippen LogP contribution < -0.4 is 10.6 Å². The van der Waals surface area contributed by atoms with Crippen LogP contribution in [-0.4, -0.2) is 47.1 Å². The van der Waals surface area contributed by atoms with Gasteiger partial charge in [0, 0.05) is 25.8 Å². The quantitative estimate of drug-likeness (QED) is 0.867. The molecule has 2 aliphatic rings. The Kier molecular flexibility index (Phi) is 5.02. The number of likely N-dealkylation sites (tertiary alicyclic amines) is 1. The first-order chi connectivity index (χ1) is 13.2. The highest BCUT2D eigenvalue weighted by Crippen LogP contribution is 2.32. The van der Waals surface area contributed by atoms with Crippen molar-refractivity contribution in [2.24, 2.45) is 5.92 Å². The average molecular weight is 366 g/mol. The van der Waals surface area contributed by atoms with Crippen molar-refractivity contribution < 1.29 is 14.3 Å². The van der Waals surface area contributed by atoms with E-state index < -0.39 is 0 Å². The van der Waals surface area contributed by atoms with E-state index in [-0.39, 0.29) is 30.1 Å². The van der Waals surface area contributed by atoms with Crippen LogP contribution in [0.15, 0.2) is 54.9 Å². The first-order valence-electron chi connectivity index (χ1n) is 9.12. The third-order valence-corrected chi connectivity index (χ3v) is 5.00. The Labute approximate surface area is 157 Å². The van der Waals surface area contributed by atoms with E-state index in [1.54, 1.807) is 29.4 Å². The van der Waals surface area contributed by atoms with E-state index in [1.807, 2.05) is 30.3 Å². The lowest BCUT2D eigenvalue weighted by Gasteiger charge is -2.32. The molecule has 0 unspecified atom stereocenters. The molecule has 0 spiro atoms. The van der Waals surface area contributed by atoms with E-state index in [1.165, 1.54) is 0 Å². The van der Waals surface area contributed by atoms with Crippen LogP contribution in [0.3, 0.4) is 0 Å². The molecule has 0 radical (unpaired) electrons. The van der Waals surface area contributed by atoms with Gasteiger partial charge >= 0.3 is 6.03 Å². The zero-order valence-corrected chi connectivity index (χ0v) is 14.9. The molecule has 2 fully saturated rings. The van der Waals surface area contributed by atoms with Gasteiger partial charge in [0.15, 0.2) is 0 Å². The minimum Gasteiger partial charge on any atom is -0.370 e. The van der Waals surface area contributed by atoms with Crippen LogP contribution in [0.4, 0.5) is 10.5 Å². The minimum absolute atomic E-state index is 0.0814. The second kappa shape index (κ2) is 7.75. The molecule has 2 saturated heterocycles. The number of rotatable bonds is 4. The molecule has 7 heteroatoms. The van der Waals surface area contributed by atoms with E-state index in [4.69, 9.17) is 4.74 Å². The van der Waals surface area contributed by atoms with E-state index in [2.05, 4.69) is 15.6 Å². The zero-order chi connectivity index (χ0) is 18.6. The molecule has 27 heavy (non-hydrogen) atoms. The second-order valence-electron chi connectivity index (χ2n) is 6.92. The largest absolute Gasteiger partial charge is 0.370 e. The monoisotopic (exact) mass is 366 g/mol. The van der Waals surface area contributed by atoms with Crippen LogP contribution in [0.2, 0.25) is 0 Å². The minimum atomic E-state index is -0.275. The summed E-state index contributed by atoms with van der Waals surface area (Å²) in [7, 11) is 0. The number of fused-ring (bicyclic) bond motifs is 2. The van der Waals surface area contributed by atoms with Crippen molar-refractivity contribution in [1.82, 2.24) is 15.2 Å². The molecule has 2 bridgehead atoms. The number of anilines is 1. The Bertz CT molecular complexity index is 799. The Morgan fingerprint density at radius 3 is 2.78 bits per heavy atom. The first-order valence-corrected chi connectivity index (χ1v) is 9.12. The number of morpholine rings is 1. The molecular formula is C20H22N4O3. The maximum absolute atomic E-state index is 12.6. The molecular weight excluding hydrogens is 344 g/mol. The van der Waals surface area contributed by atoms with Gasteiger partial charge in [-0.05, 0) is 24.1 Å². The third-order valence-electron chi connectivity index (χ3n) is 5.00. The van der Waals surface area contributed by atoms with E-state index in [0.29, 0.717) is 31.7 Å². The van der Waals surface area contributed by atoms with Gasteiger partial charge in [0.1, 0.15) is 0 Å². The number of ether oxygens (including phenoxy) is 1. The molecule has 3 amide bonds. The van der Waals surface area contributed by atoms with Crippen LogP contribution >= 0.6 is 0 Å². The van der Waals surface area contributed by atoms with Crippen LogP contribution in [-0.2, 0) is 16.1 Å². The summed E-state index contributed by atoms with van der Waals surface area (Å²) >= 11 is 0. The highest BCUT2D eigenvalue weighted by atomic mass is 16.5. The van der Waals surface area contributed by atoms with Gasteiger partial charge in [-0.1, -0.05) is 30.3 Å². The number of nitrogens with one attached hydrogen (secondary N) is 2. The normalized spacial score (nSPS) is 23.7. The number of hydrogen-bond acceptors (Lipinski definition) is 4. The summed E-state index contributed by atoms with van der Waals surface area (Å²) in [4.78, 5) is 30.9. The lowest BCUT2D eigenvalue weighted by Crippen LogP contribution is -2.50. The van der Waals surface area contributed by atoms with E-state index in [0.717, 1.165) is 5.56 Å². The van der Waals surface area contributed by atoms with E-state index >= 15 is 0 Å². The fraction of sp³-hybridized carbons (Fsp3) is 0.350. The summed E-state index contributed by atoms with van der Waals surface area (Å²) in [6, 6.07) is 13.2. The van der Waals surface area contributed by atoms with Crippen LogP contribution in [0.1, 0.15) is 12.0 Å². The number of carbonyl (C=O) groups is 2. The smallest absolute Gasteiger partial charge is 0.317 e. The second-order valence-corrected chi connectivity index (χ2v) is 6.92. The van der Waals surface area contributed by atoms with E-state index in [9.17, 15) is 9.59 Å². The molecule has 0 saturated carbocycles. The number of benzene rings is 1. The maximum atomic E-state index is 12.6. The summed E-state index contributed by atoms with van der Waals surface area (Å²) < 4.78 is 5.91. The standard InChI is InChI=1S/C20H22N4O3/c25-19(23-15-7-4-8-21-11-15)17-9-16-12-24(13-18(17)27-16)20(26)22-10-14-5-2-1-3-6-14/h1-8,11,16-18H,9-10,12-13H2,(H,22,26)(H,23,25)/t16-,17+,18-/m0/s1. The summed E-state index contributed by atoms with van der Waals surface area (Å²) in [5.74, 6) is -0.343. The molecule has 3 atom stereocenters. The molecule has 140 valence electrons. The lowest BCUT2D eigenvalue weighted by molar-refractivity contribution is -0.122. The summed E-state index contributed by atoms with van der Waals surface area (Å²) in [6.45, 7) is 1.41. The zero-order valence-electron chi connectivity index (χ0n) is 14.9. The molecule has 7 nitrogen and oxygen atoms in total. The molecule has 2 aliphatic heterocycles. The van der Waals surface area contributed by atoms with Gasteiger partial charge in [0.05, 0.1) is 30.0 Å². The number of carbonyl (C=O) groups excluding carboxylic acids is 2. The number of pyridine rings is 1. The fourth-order valence-electron chi connectivity index (χ4n) is 3.66. The molecule has 3 heterocycles. The molecule has 2 aromatic rings. The molecule has 2 N–H and O–H groups in total. The Balaban J connectivity index is 1.33. The van der Waals surface area contributed by atoms with Gasteiger partial charge < -0.3 is 20.3 Å². The van der Waals surface area contributed by atoms with Crippen molar-refractivity contribution in [3.63, 3.8) is 0 Å². The molecule has 0 aliphatic carbocycles. The maximum Gasteiger partial charge on any atom is 0.317 e. The fourth-order valence-corrected chi connectivity index (χ4v) is 3.66. The van der Waals surface area contributed by atoms with Crippen molar-refractivity contribution in [3.8, 4) is 0 Å². The highest BCUT2D eigenvalue weighted by Gasteiger charge is 2.45. The van der Waals surface area contributed by atoms with Crippen molar-refractivity contribution in [2.75, 3.05) is 18.4 Å². The van der Waals surface area contributed by atoms with Gasteiger partial charge in [-0.25, -0.2) is 4.79 Å². The Hall–Kier alpha value is -2.93. The number of hydrogen-bond donors (Lipinski definition) is 2. The predicted octanol–water partition coefficient (Wildman–Crippen LogP) is 2.02. The molecule has 1 aromatic heterocycles. The van der Waals surface area contributed by atoms with Crippen molar-refractivity contribution >= 4 is 17.6 Å². The SMILES string of the molecule is O=C(Nc1cccnc1)[C@@H]1C[C@H]2CN(C(=O)NCc3ccccc3)C[C@@H]1O2. The summed E-state index contributed by atoms with van der Waals surface area (Å²) in [5, 5.41) is 5.83. The topological polar surface area (TPSA) is 83.6 Å². The predicted molar refractivity (Wildman–Crippen MR) is 99.9 cm³/mol. The first kappa shape index (κ1) is 17.5. The molecule has 4 rings (SSSR count). The number of urea groups is 1. The summed E-state index contributed by atoms with van der Waals surface area (Å²) in [5.41, 5.74) is 1.72.